The predicted molar refractivity (Wildman–Crippen MR) is 94.3 cm³/mol. The van der Waals surface area contributed by atoms with Gasteiger partial charge in [-0.3, -0.25) is 10.1 Å². The van der Waals surface area contributed by atoms with Crippen LogP contribution in [0.4, 0.5) is 0 Å². The Kier molecular flexibility index (Phi) is 3.43. The molecule has 24 heavy (non-hydrogen) atoms. The molecule has 0 fully saturated rings. The van der Waals surface area contributed by atoms with Gasteiger partial charge in [-0.1, -0.05) is 47.5 Å². The Labute approximate surface area is 140 Å². The van der Waals surface area contributed by atoms with Gasteiger partial charge in [0.2, 0.25) is 0 Å². The van der Waals surface area contributed by atoms with Gasteiger partial charge in [0.25, 0.3) is 0 Å². The van der Waals surface area contributed by atoms with Gasteiger partial charge in [-0.2, -0.15) is 0 Å². The summed E-state index contributed by atoms with van der Waals surface area (Å²) >= 11 is 0. The standard InChI is InChI=1S/C20H20N2O2/c1-11-7-12(2)9-13(8-11)18-19-15(10-17(22-18)20(23)24)14-5-3-4-6-16(14)21-19/h3-9,17-18,21-22H,10H2,1-2H3,(H,23,24). The number of carboxylic acid groups (broad SMARTS) is 1. The number of carboxylic acids is 1. The van der Waals surface area contributed by atoms with E-state index >= 15 is 0 Å². The first-order valence-corrected chi connectivity index (χ1v) is 8.19. The summed E-state index contributed by atoms with van der Waals surface area (Å²) in [6.45, 7) is 4.14. The number of nitrogens with one attached hydrogen (secondary N) is 2. The molecule has 4 rings (SSSR count). The summed E-state index contributed by atoms with van der Waals surface area (Å²) in [7, 11) is 0. The van der Waals surface area contributed by atoms with Gasteiger partial charge in [0.05, 0.1) is 6.04 Å². The molecule has 4 heteroatoms. The van der Waals surface area contributed by atoms with E-state index in [9.17, 15) is 9.90 Å². The fourth-order valence-corrected chi connectivity index (χ4v) is 3.83. The summed E-state index contributed by atoms with van der Waals surface area (Å²) in [5.41, 5.74) is 6.72. The highest BCUT2D eigenvalue weighted by Crippen LogP contribution is 2.35. The maximum absolute atomic E-state index is 11.7. The number of para-hydroxylation sites is 1. The highest BCUT2D eigenvalue weighted by molar-refractivity contribution is 5.87. The molecule has 1 aromatic heterocycles. The minimum absolute atomic E-state index is 0.138. The van der Waals surface area contributed by atoms with Crippen LogP contribution >= 0.6 is 0 Å². The molecule has 2 unspecified atom stereocenters. The summed E-state index contributed by atoms with van der Waals surface area (Å²) in [6, 6.07) is 13.8. The van der Waals surface area contributed by atoms with Crippen molar-refractivity contribution in [2.75, 3.05) is 0 Å². The molecule has 2 heterocycles. The van der Waals surface area contributed by atoms with Gasteiger partial charge in [-0.25, -0.2) is 0 Å². The molecule has 3 N–H and O–H groups in total. The molecule has 0 radical (unpaired) electrons. The van der Waals surface area contributed by atoms with E-state index < -0.39 is 12.0 Å². The van der Waals surface area contributed by atoms with E-state index in [4.69, 9.17) is 0 Å². The number of benzene rings is 2. The van der Waals surface area contributed by atoms with E-state index in [1.165, 1.54) is 11.1 Å². The van der Waals surface area contributed by atoms with Crippen molar-refractivity contribution in [2.24, 2.45) is 0 Å². The van der Waals surface area contributed by atoms with E-state index in [2.05, 4.69) is 48.4 Å². The number of aryl methyl sites for hydroxylation is 2. The summed E-state index contributed by atoms with van der Waals surface area (Å²) in [5.74, 6) is -0.805. The minimum Gasteiger partial charge on any atom is -0.480 e. The number of hydrogen-bond donors (Lipinski definition) is 3. The van der Waals surface area contributed by atoms with Crippen molar-refractivity contribution >= 4 is 16.9 Å². The normalized spacial score (nSPS) is 20.1. The second-order valence-corrected chi connectivity index (χ2v) is 6.68. The number of rotatable bonds is 2. The fraction of sp³-hybridized carbons (Fsp3) is 0.250. The third kappa shape index (κ3) is 2.39. The molecule has 0 bridgehead atoms. The van der Waals surface area contributed by atoms with Crippen LogP contribution in [0.25, 0.3) is 10.9 Å². The SMILES string of the molecule is Cc1cc(C)cc(C2NC(C(=O)O)Cc3c2[nH]c2ccccc32)c1. The Morgan fingerprint density at radius 3 is 2.54 bits per heavy atom. The first-order chi connectivity index (χ1) is 11.5. The maximum atomic E-state index is 11.7. The van der Waals surface area contributed by atoms with Crippen LogP contribution in [0.3, 0.4) is 0 Å². The lowest BCUT2D eigenvalue weighted by atomic mass is 9.89. The summed E-state index contributed by atoms with van der Waals surface area (Å²) in [6.07, 6.45) is 0.496. The molecule has 0 spiro atoms. The van der Waals surface area contributed by atoms with Crippen LogP contribution in [0.15, 0.2) is 42.5 Å². The number of hydrogen-bond acceptors (Lipinski definition) is 2. The van der Waals surface area contributed by atoms with Crippen LogP contribution in [0, 0.1) is 13.8 Å². The molecule has 0 saturated heterocycles. The van der Waals surface area contributed by atoms with Crippen LogP contribution in [0.1, 0.15) is 34.0 Å². The molecular weight excluding hydrogens is 300 g/mol. The summed E-state index contributed by atoms with van der Waals surface area (Å²) < 4.78 is 0. The molecule has 1 aliphatic rings. The molecule has 122 valence electrons. The third-order valence-electron chi connectivity index (χ3n) is 4.79. The Balaban J connectivity index is 1.92. The van der Waals surface area contributed by atoms with E-state index in [0.717, 1.165) is 27.7 Å². The maximum Gasteiger partial charge on any atom is 0.321 e. The van der Waals surface area contributed by atoms with Gasteiger partial charge < -0.3 is 10.1 Å². The lowest BCUT2D eigenvalue weighted by molar-refractivity contribution is -0.139. The minimum atomic E-state index is -0.805. The zero-order valence-corrected chi connectivity index (χ0v) is 13.8. The van der Waals surface area contributed by atoms with Crippen molar-refractivity contribution in [3.8, 4) is 0 Å². The van der Waals surface area contributed by atoms with Crippen LogP contribution in [0.2, 0.25) is 0 Å². The molecule has 0 amide bonds. The van der Waals surface area contributed by atoms with Gasteiger partial charge in [0.15, 0.2) is 0 Å². The van der Waals surface area contributed by atoms with Crippen LogP contribution in [0.5, 0.6) is 0 Å². The highest BCUT2D eigenvalue weighted by atomic mass is 16.4. The number of fused-ring (bicyclic) bond motifs is 3. The van der Waals surface area contributed by atoms with Crippen molar-refractivity contribution in [3.05, 3.63) is 70.4 Å². The van der Waals surface area contributed by atoms with Crippen molar-refractivity contribution in [1.82, 2.24) is 10.3 Å². The fourth-order valence-electron chi connectivity index (χ4n) is 3.83. The van der Waals surface area contributed by atoms with Crippen molar-refractivity contribution < 1.29 is 9.90 Å². The van der Waals surface area contributed by atoms with Crippen LogP contribution in [-0.2, 0) is 11.2 Å². The smallest absolute Gasteiger partial charge is 0.321 e. The first-order valence-electron chi connectivity index (χ1n) is 8.19. The molecule has 0 saturated carbocycles. The Morgan fingerprint density at radius 2 is 1.83 bits per heavy atom. The summed E-state index contributed by atoms with van der Waals surface area (Å²) in [4.78, 5) is 15.2. The van der Waals surface area contributed by atoms with Gasteiger partial charge >= 0.3 is 5.97 Å². The van der Waals surface area contributed by atoms with E-state index in [1.807, 2.05) is 18.2 Å². The van der Waals surface area contributed by atoms with E-state index in [1.54, 1.807) is 0 Å². The topological polar surface area (TPSA) is 65.1 Å². The average Bonchev–Trinajstić information content (AvgIpc) is 2.91. The molecule has 0 aliphatic carbocycles. The average molecular weight is 320 g/mol. The zero-order chi connectivity index (χ0) is 16.8. The molecule has 2 atom stereocenters. The van der Waals surface area contributed by atoms with Gasteiger partial charge in [0.1, 0.15) is 6.04 Å². The number of aliphatic carboxylic acids is 1. The lowest BCUT2D eigenvalue weighted by Crippen LogP contribution is -2.45. The van der Waals surface area contributed by atoms with Crippen LogP contribution < -0.4 is 5.32 Å². The Bertz CT molecular complexity index is 922. The summed E-state index contributed by atoms with van der Waals surface area (Å²) in [5, 5.41) is 14.0. The predicted octanol–water partition coefficient (Wildman–Crippen LogP) is 3.47. The quantitative estimate of drug-likeness (QED) is 0.677. The second kappa shape index (κ2) is 5.49. The monoisotopic (exact) mass is 320 g/mol. The van der Waals surface area contributed by atoms with Gasteiger partial charge in [-0.05, 0) is 31.0 Å². The molecule has 1 aliphatic heterocycles. The largest absolute Gasteiger partial charge is 0.480 e. The zero-order valence-electron chi connectivity index (χ0n) is 13.8. The Morgan fingerprint density at radius 1 is 1.12 bits per heavy atom. The van der Waals surface area contributed by atoms with Crippen LogP contribution in [-0.4, -0.2) is 22.1 Å². The lowest BCUT2D eigenvalue weighted by Gasteiger charge is -2.30. The molecule has 3 aromatic rings. The highest BCUT2D eigenvalue weighted by Gasteiger charge is 2.33. The first kappa shape index (κ1) is 15.0. The van der Waals surface area contributed by atoms with E-state index in [-0.39, 0.29) is 6.04 Å². The number of H-pyrrole nitrogens is 1. The van der Waals surface area contributed by atoms with E-state index in [0.29, 0.717) is 6.42 Å². The van der Waals surface area contributed by atoms with Crippen molar-refractivity contribution in [2.45, 2.75) is 32.4 Å². The number of aromatic amines is 1. The molecule has 2 aromatic carbocycles. The second-order valence-electron chi connectivity index (χ2n) is 6.68. The Hall–Kier alpha value is -2.59. The van der Waals surface area contributed by atoms with Gasteiger partial charge in [0, 0.05) is 23.0 Å². The number of aromatic nitrogens is 1. The third-order valence-corrected chi connectivity index (χ3v) is 4.79. The number of carbonyl (C=O) groups is 1. The van der Waals surface area contributed by atoms with Crippen molar-refractivity contribution in [1.29, 1.82) is 0 Å². The molecular formula is C20H20N2O2. The molecule has 4 nitrogen and oxygen atoms in total. The van der Waals surface area contributed by atoms with Gasteiger partial charge in [-0.15, -0.1) is 0 Å². The van der Waals surface area contributed by atoms with Crippen molar-refractivity contribution in [3.63, 3.8) is 0 Å².